The summed E-state index contributed by atoms with van der Waals surface area (Å²) in [7, 11) is -3.02. The fourth-order valence-electron chi connectivity index (χ4n) is 3.39. The molecule has 1 heterocycles. The Morgan fingerprint density at radius 1 is 1.15 bits per heavy atom. The van der Waals surface area contributed by atoms with Gasteiger partial charge in [-0.05, 0) is 42.7 Å². The third-order valence-electron chi connectivity index (χ3n) is 4.98. The number of halogens is 3. The molecule has 0 aliphatic heterocycles. The summed E-state index contributed by atoms with van der Waals surface area (Å²) in [6, 6.07) is 9.32. The Bertz CT molecular complexity index is 1390. The minimum absolute atomic E-state index is 0.152. The Labute approximate surface area is 195 Å². The van der Waals surface area contributed by atoms with Crippen LogP contribution in [-0.4, -0.2) is 31.2 Å². The molecule has 1 aliphatic carbocycles. The quantitative estimate of drug-likeness (QED) is 0.413. The number of rotatable bonds is 4. The number of benzene rings is 2. The predicted molar refractivity (Wildman–Crippen MR) is 124 cm³/mol. The van der Waals surface area contributed by atoms with E-state index in [-0.39, 0.29) is 5.96 Å². The van der Waals surface area contributed by atoms with Crippen LogP contribution >= 0.6 is 11.6 Å². The van der Waals surface area contributed by atoms with Gasteiger partial charge in [-0.2, -0.15) is 5.10 Å². The van der Waals surface area contributed by atoms with Crippen LogP contribution in [0.5, 0.6) is 0 Å². The number of nitrogens with zero attached hydrogens (tertiary/aromatic N) is 3. The largest absolute Gasteiger partial charge is 0.267 e. The fraction of sp³-hybridized carbons (Fsp3) is 0.130. The molecule has 4 rings (SSSR count). The molecule has 33 heavy (non-hydrogen) atoms. The zero-order valence-corrected chi connectivity index (χ0v) is 19.0. The smallest absolute Gasteiger partial charge is 0.254 e. The molecule has 0 amide bonds. The van der Waals surface area contributed by atoms with Crippen LogP contribution in [0.25, 0.3) is 16.8 Å². The molecule has 3 aromatic rings. The summed E-state index contributed by atoms with van der Waals surface area (Å²) >= 11 is 6.02. The van der Waals surface area contributed by atoms with Gasteiger partial charge in [0.25, 0.3) is 10.0 Å². The van der Waals surface area contributed by atoms with Crippen LogP contribution in [0, 0.1) is 11.6 Å². The molecule has 1 aromatic heterocycles. The van der Waals surface area contributed by atoms with Gasteiger partial charge in [0.2, 0.25) is 5.96 Å². The van der Waals surface area contributed by atoms with Gasteiger partial charge in [0.15, 0.2) is 0 Å². The number of allylic oxidation sites excluding steroid dienone is 4. The highest BCUT2D eigenvalue weighted by Gasteiger charge is 2.24. The molecule has 0 atom stereocenters. The zero-order chi connectivity index (χ0) is 23.6. The molecule has 2 aromatic carbocycles. The number of nitrogens with one attached hydrogen (secondary N) is 1. The van der Waals surface area contributed by atoms with Crippen LogP contribution in [0.3, 0.4) is 0 Å². The molecule has 0 radical (unpaired) electrons. The van der Waals surface area contributed by atoms with Crippen molar-refractivity contribution < 1.29 is 17.2 Å². The van der Waals surface area contributed by atoms with Crippen LogP contribution in [0.2, 0.25) is 5.02 Å². The zero-order valence-electron chi connectivity index (χ0n) is 17.5. The standard InChI is InChI=1S/C23H19ClF2N4O2S/c1-27-23(29-33(31,32)21-12-11-18(25)13-20(21)26)30-14-19(15-5-3-2-4-6-15)22(28-30)16-7-9-17(24)10-8-16/h3,5-14H,2,4H2,1H3,(H,27,29). The van der Waals surface area contributed by atoms with E-state index in [4.69, 9.17) is 11.6 Å². The van der Waals surface area contributed by atoms with Gasteiger partial charge >= 0.3 is 0 Å². The number of hydrogen-bond acceptors (Lipinski definition) is 4. The van der Waals surface area contributed by atoms with Gasteiger partial charge in [-0.3, -0.25) is 4.99 Å². The first-order valence-corrected chi connectivity index (χ1v) is 11.8. The summed E-state index contributed by atoms with van der Waals surface area (Å²) < 4.78 is 56.4. The number of aliphatic imine (C=N–C) groups is 1. The van der Waals surface area contributed by atoms with Gasteiger partial charge in [-0.25, -0.2) is 26.6 Å². The molecule has 0 bridgehead atoms. The van der Waals surface area contributed by atoms with Crippen molar-refractivity contribution in [3.63, 3.8) is 0 Å². The van der Waals surface area contributed by atoms with Crippen molar-refractivity contribution in [2.75, 3.05) is 7.05 Å². The Morgan fingerprint density at radius 2 is 1.91 bits per heavy atom. The van der Waals surface area contributed by atoms with Crippen LogP contribution in [0.4, 0.5) is 8.78 Å². The third-order valence-corrected chi connectivity index (χ3v) is 6.59. The first-order valence-electron chi connectivity index (χ1n) is 9.96. The lowest BCUT2D eigenvalue weighted by Crippen LogP contribution is -2.36. The summed E-state index contributed by atoms with van der Waals surface area (Å²) in [6.07, 6.45) is 9.54. The van der Waals surface area contributed by atoms with Crippen molar-refractivity contribution in [2.45, 2.75) is 17.7 Å². The molecule has 6 nitrogen and oxygen atoms in total. The van der Waals surface area contributed by atoms with Gasteiger partial charge < -0.3 is 0 Å². The van der Waals surface area contributed by atoms with E-state index in [2.05, 4.69) is 20.9 Å². The molecule has 0 saturated heterocycles. The van der Waals surface area contributed by atoms with Crippen LogP contribution in [0.1, 0.15) is 18.4 Å². The van der Waals surface area contributed by atoms with E-state index in [9.17, 15) is 17.2 Å². The normalized spacial score (nSPS) is 14.3. The fourth-order valence-corrected chi connectivity index (χ4v) is 4.61. The number of sulfonamides is 1. The summed E-state index contributed by atoms with van der Waals surface area (Å²) in [5, 5.41) is 5.13. The van der Waals surface area contributed by atoms with Gasteiger partial charge in [-0.15, -0.1) is 0 Å². The maximum atomic E-state index is 14.1. The molecular weight excluding hydrogens is 470 g/mol. The highest BCUT2D eigenvalue weighted by atomic mass is 35.5. The van der Waals surface area contributed by atoms with Gasteiger partial charge in [0.1, 0.15) is 22.2 Å². The molecule has 0 unspecified atom stereocenters. The monoisotopic (exact) mass is 488 g/mol. The van der Waals surface area contributed by atoms with Gasteiger partial charge in [-0.1, -0.05) is 42.0 Å². The molecule has 0 spiro atoms. The minimum atomic E-state index is -4.40. The second kappa shape index (κ2) is 9.29. The van der Waals surface area contributed by atoms with Crippen molar-refractivity contribution in [3.05, 3.63) is 89.1 Å². The molecular formula is C23H19ClF2N4O2S. The maximum Gasteiger partial charge on any atom is 0.267 e. The average Bonchev–Trinajstić information content (AvgIpc) is 3.23. The molecule has 170 valence electrons. The van der Waals surface area contributed by atoms with Crippen molar-refractivity contribution >= 4 is 33.2 Å². The number of hydrogen-bond donors (Lipinski definition) is 1. The summed E-state index contributed by atoms with van der Waals surface area (Å²) in [4.78, 5) is 3.29. The van der Waals surface area contributed by atoms with E-state index in [0.717, 1.165) is 41.7 Å². The minimum Gasteiger partial charge on any atom is -0.254 e. The summed E-state index contributed by atoms with van der Waals surface area (Å²) in [6.45, 7) is 0. The van der Waals surface area contributed by atoms with E-state index in [1.165, 1.54) is 11.7 Å². The van der Waals surface area contributed by atoms with E-state index in [0.29, 0.717) is 16.8 Å². The van der Waals surface area contributed by atoms with Crippen molar-refractivity contribution in [3.8, 4) is 11.3 Å². The molecule has 0 saturated carbocycles. The van der Waals surface area contributed by atoms with Crippen molar-refractivity contribution in [2.24, 2.45) is 4.99 Å². The van der Waals surface area contributed by atoms with Crippen molar-refractivity contribution in [1.82, 2.24) is 14.5 Å². The third kappa shape index (κ3) is 4.89. The lowest BCUT2D eigenvalue weighted by Gasteiger charge is -2.11. The maximum absolute atomic E-state index is 14.1. The molecule has 1 N–H and O–H groups in total. The molecule has 1 aliphatic rings. The van der Waals surface area contributed by atoms with Crippen LogP contribution in [-0.2, 0) is 10.0 Å². The van der Waals surface area contributed by atoms with E-state index in [1.54, 1.807) is 18.3 Å². The lowest BCUT2D eigenvalue weighted by molar-refractivity contribution is 0.547. The predicted octanol–water partition coefficient (Wildman–Crippen LogP) is 5.03. The molecule has 10 heteroatoms. The Morgan fingerprint density at radius 3 is 2.55 bits per heavy atom. The van der Waals surface area contributed by atoms with E-state index >= 15 is 0 Å². The Balaban J connectivity index is 1.76. The van der Waals surface area contributed by atoms with Crippen LogP contribution in [0.15, 0.2) is 76.8 Å². The first kappa shape index (κ1) is 22.9. The number of aromatic nitrogens is 2. The lowest BCUT2D eigenvalue weighted by atomic mass is 9.97. The highest BCUT2D eigenvalue weighted by molar-refractivity contribution is 7.90. The summed E-state index contributed by atoms with van der Waals surface area (Å²) in [5.41, 5.74) is 3.07. The first-order chi connectivity index (χ1) is 15.8. The average molecular weight is 489 g/mol. The second-order valence-corrected chi connectivity index (χ2v) is 9.30. The van der Waals surface area contributed by atoms with Gasteiger partial charge in [0.05, 0.1) is 0 Å². The Hall–Kier alpha value is -3.30. The van der Waals surface area contributed by atoms with E-state index in [1.807, 2.05) is 24.3 Å². The Kier molecular flexibility index (Phi) is 6.44. The van der Waals surface area contributed by atoms with Crippen LogP contribution < -0.4 is 4.72 Å². The van der Waals surface area contributed by atoms with Gasteiger partial charge in [0, 0.05) is 35.5 Å². The second-order valence-electron chi connectivity index (χ2n) is 7.21. The van der Waals surface area contributed by atoms with Crippen molar-refractivity contribution in [1.29, 1.82) is 0 Å². The summed E-state index contributed by atoms with van der Waals surface area (Å²) in [5.74, 6) is -2.24. The topological polar surface area (TPSA) is 76.3 Å². The SMILES string of the molecule is CN=C(NS(=O)(=O)c1ccc(F)cc1F)n1cc(C2=CCCC=C2)c(-c2ccc(Cl)cc2)n1. The highest BCUT2D eigenvalue weighted by Crippen LogP contribution is 2.31. The molecule has 0 fully saturated rings. The van der Waals surface area contributed by atoms with E-state index < -0.39 is 26.6 Å².